The Bertz CT molecular complexity index is 776. The van der Waals surface area contributed by atoms with Crippen LogP contribution in [0.2, 0.25) is 0 Å². The summed E-state index contributed by atoms with van der Waals surface area (Å²) in [6.07, 6.45) is -20.0. The lowest BCUT2D eigenvalue weighted by Gasteiger charge is -2.49. The average Bonchev–Trinajstić information content (AvgIpc) is 2.90. The van der Waals surface area contributed by atoms with Crippen molar-refractivity contribution in [2.24, 2.45) is 0 Å². The predicted molar refractivity (Wildman–Crippen MR) is 125 cm³/mol. The summed E-state index contributed by atoms with van der Waals surface area (Å²) in [6, 6.07) is -1.34. The van der Waals surface area contributed by atoms with Gasteiger partial charge < -0.3 is 74.6 Å². The summed E-state index contributed by atoms with van der Waals surface area (Å²) in [6.45, 7) is 3.29. The third-order valence-corrected chi connectivity index (χ3v) is 6.93. The molecule has 3 aliphatic heterocycles. The second-order valence-electron chi connectivity index (χ2n) is 9.90. The maximum absolute atomic E-state index is 11.8. The Labute approximate surface area is 224 Å². The zero-order valence-electron chi connectivity index (χ0n) is 21.9. The van der Waals surface area contributed by atoms with Crippen LogP contribution >= 0.6 is 0 Å². The van der Waals surface area contributed by atoms with Crippen molar-refractivity contribution in [1.82, 2.24) is 5.32 Å². The van der Waals surface area contributed by atoms with Crippen molar-refractivity contribution < 1.29 is 74.1 Å². The Morgan fingerprint density at radius 2 is 1.31 bits per heavy atom. The Balaban J connectivity index is 1.93. The summed E-state index contributed by atoms with van der Waals surface area (Å²) >= 11 is 0. The lowest BCUT2D eigenvalue weighted by molar-refractivity contribution is -0.383. The van der Waals surface area contributed by atoms with Crippen LogP contribution in [-0.2, 0) is 33.2 Å². The molecule has 39 heavy (non-hydrogen) atoms. The maximum atomic E-state index is 11.8. The largest absolute Gasteiger partial charge is 0.394 e. The van der Waals surface area contributed by atoms with Gasteiger partial charge in [0.2, 0.25) is 5.91 Å². The second-order valence-corrected chi connectivity index (χ2v) is 9.90. The quantitative estimate of drug-likeness (QED) is 0.119. The number of hydrogen-bond acceptors (Lipinski definition) is 15. The van der Waals surface area contributed by atoms with Gasteiger partial charge in [-0.25, -0.2) is 0 Å². The molecule has 3 saturated heterocycles. The zero-order valence-corrected chi connectivity index (χ0v) is 21.9. The number of carbonyl (C=O) groups excluding carboxylic acids is 1. The fraction of sp³-hybridized carbons (Fsp3) is 0.957. The zero-order chi connectivity index (χ0) is 29.0. The van der Waals surface area contributed by atoms with E-state index in [1.807, 2.05) is 6.92 Å². The van der Waals surface area contributed by atoms with E-state index in [4.69, 9.17) is 28.4 Å². The third-order valence-electron chi connectivity index (χ3n) is 6.93. The molecule has 0 saturated carbocycles. The lowest BCUT2D eigenvalue weighted by Crippen LogP contribution is -2.68. The Morgan fingerprint density at radius 3 is 1.87 bits per heavy atom. The normalized spacial score (nSPS) is 47.1. The van der Waals surface area contributed by atoms with Gasteiger partial charge in [-0.05, 0) is 13.3 Å². The summed E-state index contributed by atoms with van der Waals surface area (Å²) < 4.78 is 34.6. The lowest BCUT2D eigenvalue weighted by atomic mass is 9.95. The van der Waals surface area contributed by atoms with Gasteiger partial charge in [0.25, 0.3) is 0 Å². The number of carbonyl (C=O) groups is 1. The Morgan fingerprint density at radius 1 is 0.744 bits per heavy atom. The first-order chi connectivity index (χ1) is 18.4. The number of hydrogen-bond donors (Lipinski definition) is 9. The minimum absolute atomic E-state index is 0.182. The van der Waals surface area contributed by atoms with Crippen molar-refractivity contribution in [3.05, 3.63) is 0 Å². The van der Waals surface area contributed by atoms with E-state index in [9.17, 15) is 45.6 Å². The van der Waals surface area contributed by atoms with Crippen LogP contribution in [0.3, 0.4) is 0 Å². The molecule has 3 rings (SSSR count). The topological polar surface area (TPSA) is 246 Å². The van der Waals surface area contributed by atoms with Gasteiger partial charge in [-0.3, -0.25) is 4.79 Å². The highest BCUT2D eigenvalue weighted by Gasteiger charge is 2.54. The molecule has 3 fully saturated rings. The van der Waals surface area contributed by atoms with Gasteiger partial charge in [-0.1, -0.05) is 6.92 Å². The molecule has 16 nitrogen and oxygen atoms in total. The molecule has 3 heterocycles. The molecule has 9 N–H and O–H groups in total. The van der Waals surface area contributed by atoms with Crippen LogP contribution in [0.15, 0.2) is 0 Å². The van der Waals surface area contributed by atoms with Gasteiger partial charge in [0.15, 0.2) is 18.9 Å². The predicted octanol–water partition coefficient (Wildman–Crippen LogP) is -4.97. The van der Waals surface area contributed by atoms with E-state index in [0.29, 0.717) is 6.42 Å². The van der Waals surface area contributed by atoms with Gasteiger partial charge in [0.1, 0.15) is 67.1 Å². The van der Waals surface area contributed by atoms with Gasteiger partial charge in [0, 0.05) is 13.5 Å². The molecule has 15 atom stereocenters. The monoisotopic (exact) mass is 571 g/mol. The van der Waals surface area contributed by atoms with Crippen LogP contribution in [0.5, 0.6) is 0 Å². The molecule has 0 radical (unpaired) electrons. The number of rotatable bonds is 10. The fourth-order valence-electron chi connectivity index (χ4n) is 4.73. The van der Waals surface area contributed by atoms with Crippen molar-refractivity contribution in [2.75, 3.05) is 19.8 Å². The van der Waals surface area contributed by atoms with E-state index < -0.39 is 111 Å². The molecule has 0 spiro atoms. The van der Waals surface area contributed by atoms with Crippen LogP contribution in [-0.4, -0.2) is 159 Å². The fourth-order valence-corrected chi connectivity index (χ4v) is 4.73. The number of amides is 1. The van der Waals surface area contributed by atoms with Crippen molar-refractivity contribution in [3.8, 4) is 0 Å². The van der Waals surface area contributed by atoms with Crippen molar-refractivity contribution >= 4 is 5.91 Å². The molecule has 3 aliphatic rings. The van der Waals surface area contributed by atoms with Crippen molar-refractivity contribution in [1.29, 1.82) is 0 Å². The number of ether oxygens (including phenoxy) is 6. The molecule has 228 valence electrons. The highest BCUT2D eigenvalue weighted by molar-refractivity contribution is 5.73. The summed E-state index contributed by atoms with van der Waals surface area (Å²) in [7, 11) is 0. The average molecular weight is 572 g/mol. The second kappa shape index (κ2) is 14.2. The van der Waals surface area contributed by atoms with Gasteiger partial charge in [0.05, 0.1) is 19.3 Å². The van der Waals surface area contributed by atoms with Crippen LogP contribution in [0, 0.1) is 0 Å². The van der Waals surface area contributed by atoms with E-state index in [2.05, 4.69) is 5.32 Å². The van der Waals surface area contributed by atoms with E-state index in [0.717, 1.165) is 0 Å². The maximum Gasteiger partial charge on any atom is 0.217 e. The molecule has 0 aliphatic carbocycles. The van der Waals surface area contributed by atoms with E-state index in [1.54, 1.807) is 0 Å². The molecule has 0 aromatic rings. The molecular formula is C23H41NO15. The molecule has 1 amide bonds. The number of aliphatic hydroxyl groups excluding tert-OH is 8. The number of aliphatic hydroxyl groups is 8. The van der Waals surface area contributed by atoms with Crippen molar-refractivity contribution in [3.63, 3.8) is 0 Å². The summed E-state index contributed by atoms with van der Waals surface area (Å²) in [5.41, 5.74) is 0. The minimum atomic E-state index is -1.79. The smallest absolute Gasteiger partial charge is 0.217 e. The molecule has 16 heteroatoms. The number of nitrogens with one attached hydrogen (secondary N) is 1. The van der Waals surface area contributed by atoms with Gasteiger partial charge in [-0.15, -0.1) is 0 Å². The first-order valence-electron chi connectivity index (χ1n) is 12.9. The van der Waals surface area contributed by atoms with E-state index in [-0.39, 0.29) is 6.61 Å². The molecule has 0 aromatic carbocycles. The Hall–Kier alpha value is -1.09. The van der Waals surface area contributed by atoms with Crippen LogP contribution in [0.1, 0.15) is 27.2 Å². The minimum Gasteiger partial charge on any atom is -0.394 e. The van der Waals surface area contributed by atoms with Gasteiger partial charge >= 0.3 is 0 Å². The first kappa shape index (κ1) is 32.4. The van der Waals surface area contributed by atoms with Crippen LogP contribution < -0.4 is 5.32 Å². The third kappa shape index (κ3) is 7.22. The molecular weight excluding hydrogens is 530 g/mol. The van der Waals surface area contributed by atoms with E-state index >= 15 is 0 Å². The van der Waals surface area contributed by atoms with Crippen LogP contribution in [0.4, 0.5) is 0 Å². The standard InChI is InChI=1S/C23H41NO15/c1-4-5-34-23-20(39-21-12(24-9(3)27)16(31)14(29)10(6-25)36-21)19(13(28)8(2)35-23)38-22-18(33)17(32)15(30)11(7-26)37-22/h8,10-23,25-26,28-33H,4-7H2,1-3H3,(H,24,27)/t8?,10?,11?,12?,13-,14+,15+,16?,17?,18?,19?,20?,21-,22+,23+/m0/s1. The molecule has 9 unspecified atom stereocenters. The van der Waals surface area contributed by atoms with Crippen LogP contribution in [0.25, 0.3) is 0 Å². The van der Waals surface area contributed by atoms with Gasteiger partial charge in [-0.2, -0.15) is 0 Å². The van der Waals surface area contributed by atoms with Crippen molar-refractivity contribution in [2.45, 2.75) is 119 Å². The highest BCUT2D eigenvalue weighted by atomic mass is 16.8. The first-order valence-corrected chi connectivity index (χ1v) is 12.9. The Kier molecular flexibility index (Phi) is 11.8. The summed E-state index contributed by atoms with van der Waals surface area (Å²) in [4.78, 5) is 11.8. The molecule has 0 bridgehead atoms. The molecule has 0 aromatic heterocycles. The highest BCUT2D eigenvalue weighted by Crippen LogP contribution is 2.33. The summed E-state index contributed by atoms with van der Waals surface area (Å²) in [5.74, 6) is -0.590. The summed E-state index contributed by atoms with van der Waals surface area (Å²) in [5, 5.41) is 84.4. The SMILES string of the molecule is CCCO[C@@H]1OC(C)[C@H](O)C(O[C@H]2OC(CO)[C@@H](O)C(O)C2O)C1O[C@@H]1OC(CO)[C@@H](O)C(O)C1NC(C)=O. The van der Waals surface area contributed by atoms with E-state index in [1.165, 1.54) is 13.8 Å².